The topological polar surface area (TPSA) is 99.1 Å². The summed E-state index contributed by atoms with van der Waals surface area (Å²) in [6.45, 7) is 6.79. The van der Waals surface area contributed by atoms with E-state index in [0.717, 1.165) is 12.8 Å². The number of ether oxygens (including phenoxy) is 1. The highest BCUT2D eigenvalue weighted by Gasteiger charge is 2.37. The maximum atomic E-state index is 12.0. The van der Waals surface area contributed by atoms with Gasteiger partial charge in [-0.05, 0) is 32.3 Å². The number of ketones is 1. The molecule has 23 heavy (non-hydrogen) atoms. The molecule has 130 valence electrons. The number of hydrogen-bond acceptors (Lipinski definition) is 6. The molecule has 0 aromatic rings. The van der Waals surface area contributed by atoms with E-state index >= 15 is 0 Å². The fourth-order valence-corrected chi connectivity index (χ4v) is 2.44. The summed E-state index contributed by atoms with van der Waals surface area (Å²) in [5.74, 6) is -3.22. The van der Waals surface area contributed by atoms with Gasteiger partial charge in [0, 0.05) is 6.42 Å². The summed E-state index contributed by atoms with van der Waals surface area (Å²) in [5, 5.41) is 9.14. The van der Waals surface area contributed by atoms with Crippen LogP contribution in [0.2, 0.25) is 0 Å². The van der Waals surface area contributed by atoms with E-state index in [0.29, 0.717) is 18.4 Å². The summed E-state index contributed by atoms with van der Waals surface area (Å²) in [5.41, 5.74) is 0.450. The van der Waals surface area contributed by atoms with Crippen molar-refractivity contribution in [1.29, 1.82) is 0 Å². The maximum absolute atomic E-state index is 12.0. The average molecular weight is 328 g/mol. The molecular weight excluding hydrogens is 304 g/mol. The lowest BCUT2D eigenvalue weighted by atomic mass is 9.79. The molecule has 0 spiro atoms. The van der Waals surface area contributed by atoms with Gasteiger partial charge in [0.15, 0.2) is 12.1 Å². The van der Waals surface area contributed by atoms with Gasteiger partial charge in [-0.1, -0.05) is 19.4 Å². The summed E-state index contributed by atoms with van der Waals surface area (Å²) in [6, 6.07) is 0. The smallest absolute Gasteiger partial charge is 0.346 e. The first-order valence-corrected chi connectivity index (χ1v) is 7.73. The van der Waals surface area contributed by atoms with Crippen LogP contribution in [0.3, 0.4) is 0 Å². The summed E-state index contributed by atoms with van der Waals surface area (Å²) in [4.78, 5) is 44.0. The summed E-state index contributed by atoms with van der Waals surface area (Å²) < 4.78 is 5.20. The third-order valence-corrected chi connectivity index (χ3v) is 3.81. The molecule has 0 radical (unpaired) electrons. The number of carboxylic acid groups (broad SMARTS) is 1. The molecule has 1 aliphatic carbocycles. The van der Waals surface area contributed by atoms with Gasteiger partial charge >= 0.3 is 11.9 Å². The summed E-state index contributed by atoms with van der Waals surface area (Å²) >= 11 is 0. The highest BCUT2D eigenvalue weighted by atomic mass is 17.2. The predicted octanol–water partition coefficient (Wildman–Crippen LogP) is 2.25. The van der Waals surface area contributed by atoms with Gasteiger partial charge in [0.05, 0.1) is 18.4 Å². The van der Waals surface area contributed by atoms with Crippen molar-refractivity contribution in [3.8, 4) is 0 Å². The van der Waals surface area contributed by atoms with Crippen molar-refractivity contribution in [1.82, 2.24) is 0 Å². The molecule has 1 rings (SSSR count). The second kappa shape index (κ2) is 9.42. The van der Waals surface area contributed by atoms with Crippen LogP contribution in [0.4, 0.5) is 0 Å². The van der Waals surface area contributed by atoms with E-state index in [1.807, 2.05) is 0 Å². The van der Waals surface area contributed by atoms with Crippen molar-refractivity contribution in [2.75, 3.05) is 6.61 Å². The Hall–Kier alpha value is -1.73. The van der Waals surface area contributed by atoms with E-state index in [2.05, 4.69) is 6.58 Å². The summed E-state index contributed by atoms with van der Waals surface area (Å²) in [7, 11) is 0. The number of hydrogen-bond donors (Lipinski definition) is 1. The van der Waals surface area contributed by atoms with E-state index in [4.69, 9.17) is 19.6 Å². The molecule has 1 aliphatic rings. The Kier molecular flexibility index (Phi) is 7.91. The van der Waals surface area contributed by atoms with Gasteiger partial charge in [-0.2, -0.15) is 4.89 Å². The Morgan fingerprint density at radius 2 is 1.83 bits per heavy atom. The Morgan fingerprint density at radius 1 is 1.22 bits per heavy atom. The van der Waals surface area contributed by atoms with Crippen LogP contribution < -0.4 is 0 Å². The minimum atomic E-state index is -0.991. The second-order valence-corrected chi connectivity index (χ2v) is 5.73. The highest BCUT2D eigenvalue weighted by molar-refractivity contribution is 5.94. The van der Waals surface area contributed by atoms with Gasteiger partial charge < -0.3 is 9.84 Å². The molecule has 0 heterocycles. The normalized spacial score (nSPS) is 22.2. The maximum Gasteiger partial charge on any atom is 0.346 e. The zero-order valence-corrected chi connectivity index (χ0v) is 13.6. The van der Waals surface area contributed by atoms with Crippen molar-refractivity contribution >= 4 is 17.7 Å². The highest BCUT2D eigenvalue weighted by Crippen LogP contribution is 2.31. The van der Waals surface area contributed by atoms with Crippen LogP contribution in [-0.4, -0.2) is 35.7 Å². The predicted molar refractivity (Wildman–Crippen MR) is 80.1 cm³/mol. The van der Waals surface area contributed by atoms with Crippen LogP contribution >= 0.6 is 0 Å². The largest absolute Gasteiger partial charge is 0.481 e. The van der Waals surface area contributed by atoms with Gasteiger partial charge in [-0.3, -0.25) is 14.5 Å². The van der Waals surface area contributed by atoms with Crippen LogP contribution in [0, 0.1) is 11.8 Å². The quantitative estimate of drug-likeness (QED) is 0.300. The minimum Gasteiger partial charge on any atom is -0.481 e. The number of Topliss-reactive ketones (excluding diaryl/α,β-unsaturated/α-hetero) is 1. The number of rotatable bonds is 9. The lowest BCUT2D eigenvalue weighted by molar-refractivity contribution is -0.349. The van der Waals surface area contributed by atoms with E-state index in [1.54, 1.807) is 6.92 Å². The number of aliphatic carboxylic acids is 1. The standard InChI is InChI=1S/C16H24O7/c1-10(2)14(17)8-9-21-11(3)22-23-16(20)13-7-5-4-6-12(13)15(18)19/h11-13H,1,4-9H2,2-3H3,(H,18,19). The Morgan fingerprint density at radius 3 is 2.39 bits per heavy atom. The third-order valence-electron chi connectivity index (χ3n) is 3.81. The van der Waals surface area contributed by atoms with E-state index in [9.17, 15) is 14.4 Å². The number of carbonyl (C=O) groups excluding carboxylic acids is 2. The molecule has 0 aliphatic heterocycles. The van der Waals surface area contributed by atoms with Gasteiger partial charge in [0.2, 0.25) is 0 Å². The van der Waals surface area contributed by atoms with Crippen molar-refractivity contribution in [3.05, 3.63) is 12.2 Å². The van der Waals surface area contributed by atoms with E-state index in [-0.39, 0.29) is 18.8 Å². The van der Waals surface area contributed by atoms with Crippen LogP contribution in [0.1, 0.15) is 46.0 Å². The van der Waals surface area contributed by atoms with Crippen molar-refractivity contribution in [3.63, 3.8) is 0 Å². The molecule has 7 heteroatoms. The molecule has 0 amide bonds. The van der Waals surface area contributed by atoms with Crippen LogP contribution in [0.5, 0.6) is 0 Å². The monoisotopic (exact) mass is 328 g/mol. The molecule has 7 nitrogen and oxygen atoms in total. The molecule has 0 aromatic heterocycles. The molecule has 1 N–H and O–H groups in total. The minimum absolute atomic E-state index is 0.110. The first-order valence-electron chi connectivity index (χ1n) is 7.73. The van der Waals surface area contributed by atoms with E-state index < -0.39 is 30.1 Å². The zero-order valence-electron chi connectivity index (χ0n) is 13.6. The van der Waals surface area contributed by atoms with Gasteiger partial charge in [0.25, 0.3) is 0 Å². The second-order valence-electron chi connectivity index (χ2n) is 5.73. The third kappa shape index (κ3) is 6.50. The molecule has 3 unspecified atom stereocenters. The van der Waals surface area contributed by atoms with Crippen molar-refractivity contribution in [2.45, 2.75) is 52.2 Å². The average Bonchev–Trinajstić information content (AvgIpc) is 2.52. The summed E-state index contributed by atoms with van der Waals surface area (Å²) in [6.07, 6.45) is 1.84. The van der Waals surface area contributed by atoms with Crippen molar-refractivity contribution in [2.24, 2.45) is 11.8 Å². The lowest BCUT2D eigenvalue weighted by Crippen LogP contribution is -2.34. The Balaban J connectivity index is 2.32. The van der Waals surface area contributed by atoms with E-state index in [1.165, 1.54) is 6.92 Å². The fraction of sp³-hybridized carbons (Fsp3) is 0.688. The first kappa shape index (κ1) is 19.3. The Bertz CT molecular complexity index is 457. The molecule has 1 saturated carbocycles. The molecule has 0 bridgehead atoms. The number of carbonyl (C=O) groups is 3. The molecule has 1 fully saturated rings. The lowest BCUT2D eigenvalue weighted by Gasteiger charge is -2.26. The van der Waals surface area contributed by atoms with Gasteiger partial charge in [-0.15, -0.1) is 0 Å². The number of carboxylic acids is 1. The Labute approximate surface area is 135 Å². The van der Waals surface area contributed by atoms with Crippen LogP contribution in [0.15, 0.2) is 12.2 Å². The molecule has 0 saturated heterocycles. The SMILES string of the molecule is C=C(C)C(=O)CCOC(C)OOC(=O)C1CCCCC1C(=O)O. The van der Waals surface area contributed by atoms with Crippen LogP contribution in [0.25, 0.3) is 0 Å². The zero-order chi connectivity index (χ0) is 17.4. The fourth-order valence-electron chi connectivity index (χ4n) is 2.44. The first-order chi connectivity index (χ1) is 10.8. The van der Waals surface area contributed by atoms with Gasteiger partial charge in [-0.25, -0.2) is 4.79 Å². The molecule has 0 aromatic carbocycles. The molecule has 3 atom stereocenters. The number of allylic oxidation sites excluding steroid dienone is 1. The van der Waals surface area contributed by atoms with Crippen LogP contribution in [-0.2, 0) is 28.9 Å². The van der Waals surface area contributed by atoms with Gasteiger partial charge in [0.1, 0.15) is 0 Å². The van der Waals surface area contributed by atoms with Crippen molar-refractivity contribution < 1.29 is 34.0 Å². The molecular formula is C16H24O7.